The molecule has 4 aliphatic rings. The van der Waals surface area contributed by atoms with Gasteiger partial charge in [0.2, 0.25) is 0 Å². The zero-order valence-corrected chi connectivity index (χ0v) is 17.0. The van der Waals surface area contributed by atoms with Crippen LogP contribution in [0.1, 0.15) is 24.6 Å². The van der Waals surface area contributed by atoms with E-state index in [1.807, 2.05) is 6.07 Å². The fourth-order valence-electron chi connectivity index (χ4n) is 4.77. The molecule has 31 heavy (non-hydrogen) atoms. The number of halogens is 2. The van der Waals surface area contributed by atoms with E-state index in [1.165, 1.54) is 6.07 Å². The second-order valence-electron chi connectivity index (χ2n) is 8.85. The first kappa shape index (κ1) is 19.1. The Morgan fingerprint density at radius 3 is 2.68 bits per heavy atom. The molecule has 2 N–H and O–H groups in total. The van der Waals surface area contributed by atoms with Gasteiger partial charge in [-0.3, -0.25) is 4.90 Å². The summed E-state index contributed by atoms with van der Waals surface area (Å²) in [6, 6.07) is 4.50. The van der Waals surface area contributed by atoms with Gasteiger partial charge in [0.1, 0.15) is 11.6 Å². The number of nitrogen functional groups attached to an aromatic ring is 1. The molecule has 10 heteroatoms. The Balaban J connectivity index is 1.30. The highest BCUT2D eigenvalue weighted by Crippen LogP contribution is 2.42. The number of nitrogens with zero attached hydrogens (tertiary/aromatic N) is 5. The first-order valence-corrected chi connectivity index (χ1v) is 10.7. The molecule has 3 aliphatic heterocycles. The maximum Gasteiger partial charge on any atom is 0.387 e. The zero-order valence-electron chi connectivity index (χ0n) is 17.0. The van der Waals surface area contributed by atoms with E-state index in [-0.39, 0.29) is 11.6 Å². The van der Waals surface area contributed by atoms with Crippen LogP contribution in [0.25, 0.3) is 11.3 Å². The molecule has 1 aliphatic carbocycles. The molecule has 0 aromatic carbocycles. The van der Waals surface area contributed by atoms with Crippen molar-refractivity contribution in [3.8, 4) is 17.0 Å². The third-order valence-electron chi connectivity index (χ3n) is 6.76. The number of alkyl halides is 2. The highest BCUT2D eigenvalue weighted by Gasteiger charge is 2.49. The van der Waals surface area contributed by atoms with Crippen LogP contribution in [0.5, 0.6) is 5.75 Å². The summed E-state index contributed by atoms with van der Waals surface area (Å²) in [4.78, 5) is 18.5. The van der Waals surface area contributed by atoms with Gasteiger partial charge in [-0.05, 0) is 18.9 Å². The van der Waals surface area contributed by atoms with Crippen molar-refractivity contribution in [3.05, 3.63) is 24.2 Å². The van der Waals surface area contributed by atoms with Gasteiger partial charge in [-0.15, -0.1) is 0 Å². The molecule has 0 amide bonds. The summed E-state index contributed by atoms with van der Waals surface area (Å²) in [5, 5.41) is 0. The van der Waals surface area contributed by atoms with Crippen LogP contribution in [0.4, 0.5) is 20.4 Å². The zero-order chi connectivity index (χ0) is 21.1. The molecule has 5 heterocycles. The van der Waals surface area contributed by atoms with Crippen molar-refractivity contribution < 1.29 is 18.3 Å². The van der Waals surface area contributed by atoms with Crippen LogP contribution in [-0.4, -0.2) is 71.4 Å². The second kappa shape index (κ2) is 7.23. The highest BCUT2D eigenvalue weighted by molar-refractivity contribution is 5.67. The largest absolute Gasteiger partial charge is 0.431 e. The molecule has 0 bridgehead atoms. The molecule has 0 spiro atoms. The maximum atomic E-state index is 12.7. The third-order valence-corrected chi connectivity index (χ3v) is 6.76. The number of pyridine rings is 1. The molecule has 4 fully saturated rings. The van der Waals surface area contributed by atoms with Crippen molar-refractivity contribution in [1.82, 2.24) is 19.9 Å². The van der Waals surface area contributed by atoms with E-state index in [1.54, 1.807) is 6.20 Å². The molecule has 1 saturated carbocycles. The van der Waals surface area contributed by atoms with E-state index in [0.717, 1.165) is 57.3 Å². The lowest BCUT2D eigenvalue weighted by Crippen LogP contribution is -2.64. The molecular weight excluding hydrogens is 406 g/mol. The Hall–Kier alpha value is -2.59. The Labute approximate surface area is 178 Å². The molecule has 2 aromatic rings. The lowest BCUT2D eigenvalue weighted by atomic mass is 9.89. The summed E-state index contributed by atoms with van der Waals surface area (Å²) in [5.41, 5.74) is 6.94. The Bertz CT molecular complexity index is 1000. The van der Waals surface area contributed by atoms with Crippen molar-refractivity contribution in [2.45, 2.75) is 37.5 Å². The number of fused-ring (bicyclic) bond motifs is 1. The van der Waals surface area contributed by atoms with E-state index in [0.29, 0.717) is 35.2 Å². The summed E-state index contributed by atoms with van der Waals surface area (Å²) in [6.45, 7) is 1.71. The molecular formula is C21H24F2N6O2. The summed E-state index contributed by atoms with van der Waals surface area (Å²) >= 11 is 0. The molecule has 2 atom stereocenters. The average Bonchev–Trinajstić information content (AvgIpc) is 3.49. The molecule has 2 aromatic heterocycles. The number of aromatic nitrogens is 3. The third kappa shape index (κ3) is 3.47. The van der Waals surface area contributed by atoms with Gasteiger partial charge in [-0.25, -0.2) is 15.0 Å². The highest BCUT2D eigenvalue weighted by atomic mass is 19.3. The van der Waals surface area contributed by atoms with Gasteiger partial charge >= 0.3 is 6.61 Å². The van der Waals surface area contributed by atoms with Crippen molar-refractivity contribution >= 4 is 11.6 Å². The number of nitrogens with two attached hydrogens (primary N) is 1. The van der Waals surface area contributed by atoms with Gasteiger partial charge in [0.15, 0.2) is 11.6 Å². The monoisotopic (exact) mass is 430 g/mol. The van der Waals surface area contributed by atoms with E-state index in [9.17, 15) is 8.78 Å². The Morgan fingerprint density at radius 1 is 1.13 bits per heavy atom. The van der Waals surface area contributed by atoms with Crippen LogP contribution in [0.3, 0.4) is 0 Å². The van der Waals surface area contributed by atoms with Crippen LogP contribution < -0.4 is 15.4 Å². The van der Waals surface area contributed by atoms with Gasteiger partial charge in [0.25, 0.3) is 0 Å². The van der Waals surface area contributed by atoms with Crippen LogP contribution in [0.15, 0.2) is 18.3 Å². The number of hydrogen-bond donors (Lipinski definition) is 1. The predicted molar refractivity (Wildman–Crippen MR) is 109 cm³/mol. The van der Waals surface area contributed by atoms with Crippen molar-refractivity contribution in [2.75, 3.05) is 43.5 Å². The van der Waals surface area contributed by atoms with Crippen LogP contribution in [0, 0.1) is 5.92 Å². The molecule has 0 radical (unpaired) electrons. The summed E-state index contributed by atoms with van der Waals surface area (Å²) in [7, 11) is 0. The maximum absolute atomic E-state index is 12.7. The molecule has 8 nitrogen and oxygen atoms in total. The van der Waals surface area contributed by atoms with Crippen molar-refractivity contribution in [1.29, 1.82) is 0 Å². The van der Waals surface area contributed by atoms with E-state index >= 15 is 0 Å². The molecule has 164 valence electrons. The van der Waals surface area contributed by atoms with E-state index in [2.05, 4.69) is 19.5 Å². The fourth-order valence-corrected chi connectivity index (χ4v) is 4.77. The number of likely N-dealkylation sites (tertiary alicyclic amines) is 1. The summed E-state index contributed by atoms with van der Waals surface area (Å²) < 4.78 is 35.3. The van der Waals surface area contributed by atoms with Gasteiger partial charge in [-0.2, -0.15) is 8.78 Å². The van der Waals surface area contributed by atoms with E-state index < -0.39 is 6.61 Å². The van der Waals surface area contributed by atoms with Crippen LogP contribution >= 0.6 is 0 Å². The second-order valence-corrected chi connectivity index (χ2v) is 8.85. The van der Waals surface area contributed by atoms with Crippen molar-refractivity contribution in [2.24, 2.45) is 5.92 Å². The SMILES string of the molecule is Nc1ncc(-c2cc(N3C[C@H]4CN(C5COC5)[C@H]4C3)nc(C3CC3)n2)cc1OC(F)F. The molecule has 6 rings (SSSR count). The van der Waals surface area contributed by atoms with Gasteiger partial charge < -0.3 is 20.1 Å². The minimum Gasteiger partial charge on any atom is -0.431 e. The first-order chi connectivity index (χ1) is 15.0. The molecule has 3 saturated heterocycles. The Morgan fingerprint density at radius 2 is 1.97 bits per heavy atom. The van der Waals surface area contributed by atoms with Gasteiger partial charge in [-0.1, -0.05) is 0 Å². The normalized spacial score (nSPS) is 26.0. The average molecular weight is 430 g/mol. The smallest absolute Gasteiger partial charge is 0.387 e. The topological polar surface area (TPSA) is 89.6 Å². The lowest BCUT2D eigenvalue weighted by Gasteiger charge is -2.50. The first-order valence-electron chi connectivity index (χ1n) is 10.7. The van der Waals surface area contributed by atoms with Crippen molar-refractivity contribution in [3.63, 3.8) is 0 Å². The Kier molecular flexibility index (Phi) is 4.46. The summed E-state index contributed by atoms with van der Waals surface area (Å²) in [5.74, 6) is 2.49. The number of hydrogen-bond acceptors (Lipinski definition) is 8. The van der Waals surface area contributed by atoms with Gasteiger partial charge in [0.05, 0.1) is 24.9 Å². The lowest BCUT2D eigenvalue weighted by molar-refractivity contribution is -0.120. The standard InChI is InChI=1S/C21H24F2N6O2/c22-21(23)31-17-3-12(5-25-19(17)24)15-4-18(27-20(26-15)11-1-2-11)28-6-13-7-29(16(13)8-28)14-9-30-10-14/h3-5,11,13-14,16,21H,1-2,6-10H2,(H2,24,25)/t13-,16-/m0/s1. The van der Waals surface area contributed by atoms with Crippen LogP contribution in [-0.2, 0) is 4.74 Å². The number of rotatable bonds is 6. The summed E-state index contributed by atoms with van der Waals surface area (Å²) in [6.07, 6.45) is 3.69. The fraction of sp³-hybridized carbons (Fsp3) is 0.571. The van der Waals surface area contributed by atoms with E-state index in [4.69, 9.17) is 20.4 Å². The van der Waals surface area contributed by atoms with Gasteiger partial charge in [0, 0.05) is 55.3 Å². The quantitative estimate of drug-likeness (QED) is 0.746. The number of ether oxygens (including phenoxy) is 2. The van der Waals surface area contributed by atoms with Crippen LogP contribution in [0.2, 0.25) is 0 Å². The predicted octanol–water partition coefficient (Wildman–Crippen LogP) is 2.12. The molecule has 0 unspecified atom stereocenters. The minimum absolute atomic E-state index is 0.0723. The minimum atomic E-state index is -2.97. The number of anilines is 2.